The van der Waals surface area contributed by atoms with Crippen LogP contribution in [-0.4, -0.2) is 180 Å². The molecule has 2 aliphatic heterocycles. The molecule has 2 aliphatic rings. The molecule has 2 saturated heterocycles. The number of benzene rings is 4. The number of nitrogens with one attached hydrogen (secondary N) is 5. The van der Waals surface area contributed by atoms with Gasteiger partial charge in [-0.3, -0.25) is 38.6 Å². The summed E-state index contributed by atoms with van der Waals surface area (Å²) in [6.45, 7) is 26.7. The monoisotopic (exact) mass is 1330 g/mol. The second-order valence-electron chi connectivity index (χ2n) is 27.8. The molecule has 8 amide bonds. The summed E-state index contributed by atoms with van der Waals surface area (Å²) in [6, 6.07) is 25.0. The van der Waals surface area contributed by atoms with E-state index in [1.54, 1.807) is 154 Å². The number of nitrogens with two attached hydrogens (primary N) is 1. The van der Waals surface area contributed by atoms with Crippen LogP contribution in [0.1, 0.15) is 142 Å². The van der Waals surface area contributed by atoms with E-state index >= 15 is 0 Å². The highest BCUT2D eigenvalue weighted by molar-refractivity contribution is 5.96. The average Bonchev–Trinajstić information content (AvgIpc) is 1.50. The summed E-state index contributed by atoms with van der Waals surface area (Å²) in [5.41, 5.74) is 5.58. The maximum atomic E-state index is 14.3. The molecule has 6 rings (SSSR count). The summed E-state index contributed by atoms with van der Waals surface area (Å²) in [7, 11) is 2.94. The van der Waals surface area contributed by atoms with Gasteiger partial charge in [0.15, 0.2) is 0 Å². The molecule has 518 valence electrons. The van der Waals surface area contributed by atoms with Crippen molar-refractivity contribution in [1.82, 2.24) is 46.2 Å². The van der Waals surface area contributed by atoms with Crippen LogP contribution in [-0.2, 0) is 46.3 Å². The van der Waals surface area contributed by atoms with Crippen LogP contribution in [0.4, 0.5) is 18.4 Å². The molecule has 21 nitrogen and oxygen atoms in total. The Morgan fingerprint density at radius 3 is 1.32 bits per heavy atom. The largest absolute Gasteiger partial charge is 0.444 e. The molecule has 0 unspecified atom stereocenters. The number of aldehydes is 1. The minimum absolute atomic E-state index is 0. The van der Waals surface area contributed by atoms with Crippen LogP contribution in [0.3, 0.4) is 0 Å². The third kappa shape index (κ3) is 25.7. The first-order valence-electron chi connectivity index (χ1n) is 31.5. The van der Waals surface area contributed by atoms with Crippen molar-refractivity contribution in [3.63, 3.8) is 0 Å². The standard InChI is InChI=1S/C35H50FN5O5.C27H40N4O6.C8H10FN.ClH/c1-23(40(8)33(45)46-35(5,6)7)30(42)39-29(34(2,3)4)32(44)41-22-27(38-31(43)25-12-10-9-11-13-25)20-28(41)21-37-19-18-24-14-16-26(36)17-15-24;1-17(30(8)25(36)37-27(5,6)7)22(33)29-21(26(2,3)4)24(35)31-15-19(14-20(31)16-32)28-23(34)18-12-10-9-11-13-18;9-8-3-1-7(2-4-8)5-6-10;/h9-17,23,27-29,37H,18-22H2,1-8H3,(H,38,43)(H,39,42);9-13,16-17,19-21H,14-15H2,1-8H3,(H,28,34)(H,29,33);1-4H,5-6,10H2;1H/t23-,27-,28-,29+;17-,19-,20-,21+;;/m00../s1. The Hall–Kier alpha value is -8.02. The van der Waals surface area contributed by atoms with Gasteiger partial charge in [0.2, 0.25) is 23.6 Å². The van der Waals surface area contributed by atoms with Crippen molar-refractivity contribution in [2.75, 3.05) is 46.8 Å². The van der Waals surface area contributed by atoms with Crippen LogP contribution in [0.15, 0.2) is 109 Å². The zero-order chi connectivity index (χ0) is 69.8. The lowest BCUT2D eigenvalue weighted by molar-refractivity contribution is -0.142. The van der Waals surface area contributed by atoms with Gasteiger partial charge in [-0.25, -0.2) is 18.4 Å². The van der Waals surface area contributed by atoms with Crippen molar-refractivity contribution in [3.8, 4) is 0 Å². The molecule has 0 saturated carbocycles. The van der Waals surface area contributed by atoms with Gasteiger partial charge in [0, 0.05) is 63.0 Å². The predicted molar refractivity (Wildman–Crippen MR) is 361 cm³/mol. The number of amides is 8. The van der Waals surface area contributed by atoms with E-state index in [4.69, 9.17) is 15.2 Å². The number of hydrogen-bond donors (Lipinski definition) is 6. The van der Waals surface area contributed by atoms with Crippen LogP contribution in [0.5, 0.6) is 0 Å². The molecule has 8 atom stereocenters. The third-order valence-corrected chi connectivity index (χ3v) is 15.5. The number of likely N-dealkylation sites (N-methyl/N-ethyl adjacent to an activating group) is 2. The lowest BCUT2D eigenvalue weighted by Crippen LogP contribution is -2.59. The Kier molecular flexibility index (Phi) is 30.7. The summed E-state index contributed by atoms with van der Waals surface area (Å²) in [5.74, 6) is -2.70. The quantitative estimate of drug-likeness (QED) is 0.0360. The Balaban J connectivity index is 0.000000429. The molecular formula is C70H101ClF2N10O11. The van der Waals surface area contributed by atoms with E-state index < -0.39 is 88.2 Å². The molecule has 0 radical (unpaired) electrons. The van der Waals surface area contributed by atoms with Crippen LogP contribution in [0, 0.1) is 22.5 Å². The van der Waals surface area contributed by atoms with Gasteiger partial charge < -0.3 is 56.4 Å². The first-order chi connectivity index (χ1) is 43.3. The Bertz CT molecular complexity index is 3120. The molecule has 0 aliphatic carbocycles. The lowest BCUT2D eigenvalue weighted by atomic mass is 9.85. The van der Waals surface area contributed by atoms with E-state index in [9.17, 15) is 51.9 Å². The zero-order valence-electron chi connectivity index (χ0n) is 57.5. The van der Waals surface area contributed by atoms with E-state index in [0.29, 0.717) is 49.9 Å². The fraction of sp³-hybridized carbons (Fsp3) is 0.529. The molecule has 94 heavy (non-hydrogen) atoms. The molecule has 0 bridgehead atoms. The Labute approximate surface area is 560 Å². The average molecular weight is 1330 g/mol. The van der Waals surface area contributed by atoms with Crippen molar-refractivity contribution in [2.45, 2.75) is 182 Å². The highest BCUT2D eigenvalue weighted by Gasteiger charge is 2.45. The van der Waals surface area contributed by atoms with E-state index in [1.807, 2.05) is 32.9 Å². The van der Waals surface area contributed by atoms with Crippen LogP contribution in [0.25, 0.3) is 0 Å². The van der Waals surface area contributed by atoms with Crippen molar-refractivity contribution >= 4 is 66.3 Å². The van der Waals surface area contributed by atoms with Gasteiger partial charge in [0.25, 0.3) is 11.8 Å². The summed E-state index contributed by atoms with van der Waals surface area (Å²) >= 11 is 0. The molecule has 2 heterocycles. The molecule has 7 N–H and O–H groups in total. The normalized spacial score (nSPS) is 17.5. The zero-order valence-corrected chi connectivity index (χ0v) is 58.3. The summed E-state index contributed by atoms with van der Waals surface area (Å²) in [4.78, 5) is 122. The number of likely N-dealkylation sites (tertiary alicyclic amines) is 2. The molecule has 24 heteroatoms. The van der Waals surface area contributed by atoms with Crippen LogP contribution < -0.4 is 32.3 Å². The minimum Gasteiger partial charge on any atom is -0.444 e. The maximum Gasteiger partial charge on any atom is 0.410 e. The highest BCUT2D eigenvalue weighted by Crippen LogP contribution is 2.29. The smallest absolute Gasteiger partial charge is 0.410 e. The van der Waals surface area contributed by atoms with Gasteiger partial charge in [-0.05, 0) is 165 Å². The molecule has 0 spiro atoms. The second-order valence-corrected chi connectivity index (χ2v) is 27.8. The van der Waals surface area contributed by atoms with Crippen molar-refractivity contribution < 1.29 is 61.4 Å². The molecule has 4 aromatic rings. The first kappa shape index (κ1) is 80.2. The summed E-state index contributed by atoms with van der Waals surface area (Å²) in [5, 5.41) is 15.1. The lowest BCUT2D eigenvalue weighted by Gasteiger charge is -2.37. The number of hydrogen-bond acceptors (Lipinski definition) is 13. The molecule has 4 aromatic carbocycles. The summed E-state index contributed by atoms with van der Waals surface area (Å²) < 4.78 is 36.4. The van der Waals surface area contributed by atoms with E-state index in [0.717, 1.165) is 17.5 Å². The van der Waals surface area contributed by atoms with Gasteiger partial charge in [-0.2, -0.15) is 0 Å². The molecule has 0 aromatic heterocycles. The van der Waals surface area contributed by atoms with Gasteiger partial charge in [-0.15, -0.1) is 12.4 Å². The number of carbonyl (C=O) groups excluding carboxylic acids is 9. The maximum absolute atomic E-state index is 14.3. The SMILES string of the molecule is C[C@@H](C(=O)N[C@H](C(=O)N1C[C@@H](NC(=O)c2ccccc2)C[C@H]1C=O)C(C)(C)C)N(C)C(=O)OC(C)(C)C.C[C@@H](C(=O)N[C@H](C(=O)N1C[C@@H](NC(=O)c2ccccc2)C[C@H]1CNCCc1ccc(F)cc1)C(C)(C)C)N(C)C(=O)OC(C)(C)C.Cl.NCCc1ccc(F)cc1. The van der Waals surface area contributed by atoms with E-state index in [1.165, 1.54) is 53.1 Å². The molecular weight excluding hydrogens is 1230 g/mol. The Morgan fingerprint density at radius 1 is 0.574 bits per heavy atom. The van der Waals surface area contributed by atoms with Crippen molar-refractivity contribution in [3.05, 3.63) is 143 Å². The van der Waals surface area contributed by atoms with Crippen molar-refractivity contribution in [1.29, 1.82) is 0 Å². The number of halogens is 3. The highest BCUT2D eigenvalue weighted by atomic mass is 35.5. The predicted octanol–water partition coefficient (Wildman–Crippen LogP) is 8.26. The second kappa shape index (κ2) is 36.0. The van der Waals surface area contributed by atoms with Crippen molar-refractivity contribution in [2.24, 2.45) is 16.6 Å². The topological polar surface area (TPSA) is 271 Å². The van der Waals surface area contributed by atoms with Gasteiger partial charge in [-0.1, -0.05) is 102 Å². The molecule has 2 fully saturated rings. The number of ether oxygens (including phenoxy) is 2. The number of carbonyl (C=O) groups is 9. The Morgan fingerprint density at radius 2 is 0.947 bits per heavy atom. The number of rotatable bonds is 20. The van der Waals surface area contributed by atoms with Crippen LogP contribution >= 0.6 is 12.4 Å². The minimum atomic E-state index is -0.972. The van der Waals surface area contributed by atoms with E-state index in [-0.39, 0.29) is 73.4 Å². The van der Waals surface area contributed by atoms with Gasteiger partial charge in [0.1, 0.15) is 53.3 Å². The fourth-order valence-electron chi connectivity index (χ4n) is 10.0. The first-order valence-corrected chi connectivity index (χ1v) is 31.5. The van der Waals surface area contributed by atoms with Crippen LogP contribution in [0.2, 0.25) is 0 Å². The van der Waals surface area contributed by atoms with Gasteiger partial charge >= 0.3 is 12.2 Å². The summed E-state index contributed by atoms with van der Waals surface area (Å²) in [6.07, 6.45) is 1.68. The fourth-order valence-corrected chi connectivity index (χ4v) is 10.0. The number of nitrogens with zero attached hydrogens (tertiary/aromatic N) is 4. The van der Waals surface area contributed by atoms with Gasteiger partial charge in [0.05, 0.1) is 6.04 Å². The van der Waals surface area contributed by atoms with E-state index in [2.05, 4.69) is 26.6 Å². The third-order valence-electron chi connectivity index (χ3n) is 15.5.